The first-order valence-electron chi connectivity index (χ1n) is 9.85. The number of carbonyl (C=O) groups excluding carboxylic acids is 1. The molecule has 2 aromatic rings. The average molecular weight is 367 g/mol. The molecule has 5 heteroatoms. The normalized spacial score (nSPS) is 23.3. The fourth-order valence-corrected chi connectivity index (χ4v) is 4.52. The van der Waals surface area contributed by atoms with Gasteiger partial charge in [-0.1, -0.05) is 18.2 Å². The van der Waals surface area contributed by atoms with Gasteiger partial charge < -0.3 is 4.90 Å². The quantitative estimate of drug-likeness (QED) is 0.814. The number of rotatable bonds is 5. The Balaban J connectivity index is 1.37. The van der Waals surface area contributed by atoms with Gasteiger partial charge in [-0.15, -0.1) is 0 Å². The molecule has 3 heterocycles. The molecule has 2 atom stereocenters. The molecule has 0 N–H and O–H groups in total. The van der Waals surface area contributed by atoms with E-state index in [1.807, 2.05) is 24.4 Å². The number of halogens is 1. The molecular weight excluding hydrogens is 341 g/mol. The fraction of sp³-hybridized carbons (Fsp3) is 0.455. The predicted octanol–water partition coefficient (Wildman–Crippen LogP) is 3.28. The number of benzene rings is 1. The third-order valence-electron chi connectivity index (χ3n) is 5.87. The standard InChI is InChI=1S/C22H26FN3O/c23-19-5-3-4-17(14-19)9-13-26-21-10-12-25(15-18(21)7-8-22(26)27)16-20-6-1-2-11-24-20/h1-6,11,14,18,21H,7-10,12-13,15-16H2/t18-,21+/m1/s1. The molecule has 1 aromatic carbocycles. The minimum absolute atomic E-state index is 0.210. The van der Waals surface area contributed by atoms with Crippen LogP contribution in [0.5, 0.6) is 0 Å². The highest BCUT2D eigenvalue weighted by Crippen LogP contribution is 2.32. The summed E-state index contributed by atoms with van der Waals surface area (Å²) in [6, 6.07) is 13.1. The van der Waals surface area contributed by atoms with Gasteiger partial charge in [0.2, 0.25) is 5.91 Å². The van der Waals surface area contributed by atoms with Crippen molar-refractivity contribution in [1.29, 1.82) is 0 Å². The van der Waals surface area contributed by atoms with Crippen molar-refractivity contribution in [2.45, 2.75) is 38.3 Å². The second kappa shape index (κ2) is 8.17. The van der Waals surface area contributed by atoms with E-state index in [-0.39, 0.29) is 11.7 Å². The molecule has 142 valence electrons. The zero-order valence-electron chi connectivity index (χ0n) is 15.6. The van der Waals surface area contributed by atoms with Crippen molar-refractivity contribution in [2.75, 3.05) is 19.6 Å². The summed E-state index contributed by atoms with van der Waals surface area (Å²) < 4.78 is 13.4. The smallest absolute Gasteiger partial charge is 0.222 e. The van der Waals surface area contributed by atoms with Crippen LogP contribution >= 0.6 is 0 Å². The number of nitrogens with zero attached hydrogens (tertiary/aromatic N) is 3. The summed E-state index contributed by atoms with van der Waals surface area (Å²) in [7, 11) is 0. The van der Waals surface area contributed by atoms with Gasteiger partial charge in [-0.3, -0.25) is 14.7 Å². The van der Waals surface area contributed by atoms with E-state index in [9.17, 15) is 9.18 Å². The van der Waals surface area contributed by atoms with Crippen LogP contribution in [0.25, 0.3) is 0 Å². The molecule has 4 rings (SSSR count). The van der Waals surface area contributed by atoms with Gasteiger partial charge in [-0.05, 0) is 55.0 Å². The number of pyridine rings is 1. The Kier molecular flexibility index (Phi) is 5.48. The number of likely N-dealkylation sites (tertiary alicyclic amines) is 2. The summed E-state index contributed by atoms with van der Waals surface area (Å²) in [4.78, 5) is 21.5. The highest BCUT2D eigenvalue weighted by Gasteiger charge is 2.38. The Bertz CT molecular complexity index is 782. The largest absolute Gasteiger partial charge is 0.339 e. The molecule has 0 saturated carbocycles. The highest BCUT2D eigenvalue weighted by atomic mass is 19.1. The number of amides is 1. The topological polar surface area (TPSA) is 36.4 Å². The highest BCUT2D eigenvalue weighted by molar-refractivity contribution is 5.77. The van der Waals surface area contributed by atoms with Crippen LogP contribution in [0.2, 0.25) is 0 Å². The minimum atomic E-state index is -0.210. The Hall–Kier alpha value is -2.27. The molecule has 0 spiro atoms. The Morgan fingerprint density at radius 2 is 2.07 bits per heavy atom. The molecule has 0 unspecified atom stereocenters. The number of aromatic nitrogens is 1. The Morgan fingerprint density at radius 1 is 1.15 bits per heavy atom. The molecule has 2 fully saturated rings. The number of piperidine rings is 2. The molecule has 4 nitrogen and oxygen atoms in total. The molecule has 0 radical (unpaired) electrons. The summed E-state index contributed by atoms with van der Waals surface area (Å²) >= 11 is 0. The molecule has 1 amide bonds. The van der Waals surface area contributed by atoms with Gasteiger partial charge >= 0.3 is 0 Å². The molecular formula is C22H26FN3O. The van der Waals surface area contributed by atoms with E-state index >= 15 is 0 Å². The summed E-state index contributed by atoms with van der Waals surface area (Å²) in [5, 5.41) is 0. The second-order valence-corrected chi connectivity index (χ2v) is 7.68. The second-order valence-electron chi connectivity index (χ2n) is 7.68. The van der Waals surface area contributed by atoms with E-state index in [0.29, 0.717) is 31.3 Å². The van der Waals surface area contributed by atoms with Crippen molar-refractivity contribution < 1.29 is 9.18 Å². The van der Waals surface area contributed by atoms with E-state index in [1.54, 1.807) is 12.1 Å². The first-order chi connectivity index (χ1) is 13.2. The van der Waals surface area contributed by atoms with E-state index in [1.165, 1.54) is 6.07 Å². The number of carbonyl (C=O) groups is 1. The lowest BCUT2D eigenvalue weighted by atomic mass is 9.83. The van der Waals surface area contributed by atoms with Gasteiger partial charge in [-0.25, -0.2) is 4.39 Å². The maximum Gasteiger partial charge on any atom is 0.222 e. The number of hydrogen-bond acceptors (Lipinski definition) is 3. The van der Waals surface area contributed by atoms with Crippen LogP contribution in [0.15, 0.2) is 48.7 Å². The van der Waals surface area contributed by atoms with Crippen LogP contribution in [0.3, 0.4) is 0 Å². The SMILES string of the molecule is O=C1CC[C@@H]2CN(Cc3ccccn3)CC[C@@H]2N1CCc1cccc(F)c1. The molecule has 2 aliphatic rings. The van der Waals surface area contributed by atoms with E-state index in [0.717, 1.165) is 43.7 Å². The van der Waals surface area contributed by atoms with Crippen LogP contribution in [0.1, 0.15) is 30.5 Å². The number of fused-ring (bicyclic) bond motifs is 1. The van der Waals surface area contributed by atoms with Crippen LogP contribution in [-0.4, -0.2) is 46.4 Å². The van der Waals surface area contributed by atoms with Crippen LogP contribution in [-0.2, 0) is 17.8 Å². The fourth-order valence-electron chi connectivity index (χ4n) is 4.52. The maximum atomic E-state index is 13.4. The Morgan fingerprint density at radius 3 is 2.89 bits per heavy atom. The first-order valence-corrected chi connectivity index (χ1v) is 9.85. The molecule has 0 aliphatic carbocycles. The molecule has 2 aliphatic heterocycles. The van der Waals surface area contributed by atoms with Gasteiger partial charge in [-0.2, -0.15) is 0 Å². The lowest BCUT2D eigenvalue weighted by molar-refractivity contribution is -0.141. The summed E-state index contributed by atoms with van der Waals surface area (Å²) in [5.74, 6) is 0.566. The average Bonchev–Trinajstić information content (AvgIpc) is 2.68. The van der Waals surface area contributed by atoms with E-state index < -0.39 is 0 Å². The summed E-state index contributed by atoms with van der Waals surface area (Å²) in [6.07, 6.45) is 5.16. The van der Waals surface area contributed by atoms with Crippen LogP contribution in [0, 0.1) is 11.7 Å². The molecule has 2 saturated heterocycles. The third-order valence-corrected chi connectivity index (χ3v) is 5.87. The zero-order valence-corrected chi connectivity index (χ0v) is 15.6. The van der Waals surface area contributed by atoms with E-state index in [2.05, 4.69) is 20.9 Å². The maximum absolute atomic E-state index is 13.4. The van der Waals surface area contributed by atoms with Crippen molar-refractivity contribution in [3.05, 3.63) is 65.7 Å². The minimum Gasteiger partial charge on any atom is -0.339 e. The zero-order chi connectivity index (χ0) is 18.6. The van der Waals surface area contributed by atoms with Gasteiger partial charge in [0.05, 0.1) is 5.69 Å². The lowest BCUT2D eigenvalue weighted by Crippen LogP contribution is -2.56. The Labute approximate surface area is 160 Å². The van der Waals surface area contributed by atoms with Gasteiger partial charge in [0.25, 0.3) is 0 Å². The predicted molar refractivity (Wildman–Crippen MR) is 102 cm³/mol. The third kappa shape index (κ3) is 4.35. The van der Waals surface area contributed by atoms with Crippen LogP contribution < -0.4 is 0 Å². The van der Waals surface area contributed by atoms with Crippen molar-refractivity contribution in [3.63, 3.8) is 0 Å². The van der Waals surface area contributed by atoms with Crippen molar-refractivity contribution in [1.82, 2.24) is 14.8 Å². The van der Waals surface area contributed by atoms with Gasteiger partial charge in [0, 0.05) is 44.8 Å². The molecule has 27 heavy (non-hydrogen) atoms. The summed E-state index contributed by atoms with van der Waals surface area (Å²) in [5.41, 5.74) is 2.06. The monoisotopic (exact) mass is 367 g/mol. The number of hydrogen-bond donors (Lipinski definition) is 0. The summed E-state index contributed by atoms with van der Waals surface area (Å²) in [6.45, 7) is 3.57. The molecule has 0 bridgehead atoms. The van der Waals surface area contributed by atoms with Crippen LogP contribution in [0.4, 0.5) is 4.39 Å². The van der Waals surface area contributed by atoms with Crippen molar-refractivity contribution >= 4 is 5.91 Å². The van der Waals surface area contributed by atoms with Gasteiger partial charge in [0.1, 0.15) is 5.82 Å². The van der Waals surface area contributed by atoms with Crippen molar-refractivity contribution in [3.8, 4) is 0 Å². The van der Waals surface area contributed by atoms with Crippen molar-refractivity contribution in [2.24, 2.45) is 5.92 Å². The van der Waals surface area contributed by atoms with Gasteiger partial charge in [0.15, 0.2) is 0 Å². The first kappa shape index (κ1) is 18.1. The lowest BCUT2D eigenvalue weighted by Gasteiger charge is -2.47. The molecule has 1 aromatic heterocycles. The van der Waals surface area contributed by atoms with E-state index in [4.69, 9.17) is 0 Å².